The van der Waals surface area contributed by atoms with Crippen LogP contribution >= 0.6 is 27.3 Å². The summed E-state index contributed by atoms with van der Waals surface area (Å²) in [4.78, 5) is 27.9. The summed E-state index contributed by atoms with van der Waals surface area (Å²) in [6.45, 7) is 0. The van der Waals surface area contributed by atoms with E-state index in [0.29, 0.717) is 11.0 Å². The highest BCUT2D eigenvalue weighted by atomic mass is 79.9. The van der Waals surface area contributed by atoms with Crippen LogP contribution in [0.15, 0.2) is 43.0 Å². The average molecular weight is 366 g/mol. The van der Waals surface area contributed by atoms with Gasteiger partial charge in [-0.05, 0) is 57.7 Å². The molecule has 21 heavy (non-hydrogen) atoms. The third-order valence-electron chi connectivity index (χ3n) is 3.29. The molecule has 0 bridgehead atoms. The Morgan fingerprint density at radius 2 is 1.81 bits per heavy atom. The Bertz CT molecular complexity index is 912. The normalized spacial score (nSPS) is 12.7. The van der Waals surface area contributed by atoms with Crippen molar-refractivity contribution >= 4 is 38.3 Å². The summed E-state index contributed by atoms with van der Waals surface area (Å²) in [5.74, 6) is 0. The number of fused-ring (bicyclic) bond motifs is 1. The van der Waals surface area contributed by atoms with Gasteiger partial charge < -0.3 is 15.3 Å². The minimum absolute atomic E-state index is 0.0207. The van der Waals surface area contributed by atoms with Crippen molar-refractivity contribution < 1.29 is 0 Å². The molecule has 2 aromatic heterocycles. The standard InChI is InChI=1S/C14H12BrN3O2S/c1-16-12(8-5-11(15)21-6-8)7-2-3-9-10(4-7)18-14(20)13(19)17-9/h2-6,12,16H,1H3,(H,17,19)(H,18,20). The van der Waals surface area contributed by atoms with Crippen LogP contribution in [-0.2, 0) is 0 Å². The lowest BCUT2D eigenvalue weighted by molar-refractivity contribution is 0.695. The van der Waals surface area contributed by atoms with Gasteiger partial charge in [0.1, 0.15) is 0 Å². The lowest BCUT2D eigenvalue weighted by atomic mass is 10.0. The quantitative estimate of drug-likeness (QED) is 0.623. The Balaban J connectivity index is 2.13. The van der Waals surface area contributed by atoms with E-state index >= 15 is 0 Å². The fraction of sp³-hybridized carbons (Fsp3) is 0.143. The molecule has 0 radical (unpaired) electrons. The van der Waals surface area contributed by atoms with Gasteiger partial charge in [-0.1, -0.05) is 6.07 Å². The van der Waals surface area contributed by atoms with E-state index in [1.807, 2.05) is 19.2 Å². The second kappa shape index (κ2) is 5.59. The van der Waals surface area contributed by atoms with E-state index in [9.17, 15) is 9.59 Å². The van der Waals surface area contributed by atoms with E-state index in [2.05, 4.69) is 42.7 Å². The number of H-pyrrole nitrogens is 2. The first-order chi connectivity index (χ1) is 10.1. The smallest absolute Gasteiger partial charge is 0.314 e. The number of aromatic amines is 2. The molecule has 3 rings (SSSR count). The van der Waals surface area contributed by atoms with Gasteiger partial charge in [-0.3, -0.25) is 9.59 Å². The third-order valence-corrected chi connectivity index (χ3v) is 4.81. The van der Waals surface area contributed by atoms with Gasteiger partial charge in [-0.2, -0.15) is 0 Å². The summed E-state index contributed by atoms with van der Waals surface area (Å²) >= 11 is 5.09. The molecule has 0 saturated heterocycles. The number of benzene rings is 1. The Morgan fingerprint density at radius 3 is 2.43 bits per heavy atom. The molecule has 1 aromatic carbocycles. The fourth-order valence-corrected chi connectivity index (χ4v) is 3.51. The molecule has 1 atom stereocenters. The van der Waals surface area contributed by atoms with Crippen molar-refractivity contribution in [2.75, 3.05) is 7.05 Å². The largest absolute Gasteiger partial charge is 0.316 e. The zero-order chi connectivity index (χ0) is 15.0. The predicted octanol–water partition coefficient (Wildman–Crippen LogP) is 2.35. The summed E-state index contributed by atoms with van der Waals surface area (Å²) in [7, 11) is 1.88. The number of nitrogens with one attached hydrogen (secondary N) is 3. The minimum atomic E-state index is -0.640. The van der Waals surface area contributed by atoms with Gasteiger partial charge in [0.05, 0.1) is 20.9 Å². The highest BCUT2D eigenvalue weighted by Crippen LogP contribution is 2.29. The van der Waals surface area contributed by atoms with E-state index in [-0.39, 0.29) is 6.04 Å². The molecule has 0 amide bonds. The van der Waals surface area contributed by atoms with E-state index in [1.54, 1.807) is 17.4 Å². The SMILES string of the molecule is CNC(c1csc(Br)c1)c1ccc2[nH]c(=O)c(=O)[nH]c2c1. The van der Waals surface area contributed by atoms with Gasteiger partial charge in [0.2, 0.25) is 0 Å². The molecule has 2 heterocycles. The molecule has 0 aliphatic carbocycles. The summed E-state index contributed by atoms with van der Waals surface area (Å²) in [5, 5.41) is 5.34. The van der Waals surface area contributed by atoms with Crippen LogP contribution in [0.4, 0.5) is 0 Å². The first kappa shape index (κ1) is 14.2. The number of halogens is 1. The average Bonchev–Trinajstić information content (AvgIpc) is 2.87. The van der Waals surface area contributed by atoms with Gasteiger partial charge in [0.25, 0.3) is 0 Å². The molecule has 3 N–H and O–H groups in total. The number of aromatic nitrogens is 2. The lowest BCUT2D eigenvalue weighted by Gasteiger charge is -2.16. The fourth-order valence-electron chi connectivity index (χ4n) is 2.31. The number of rotatable bonds is 3. The molecule has 5 nitrogen and oxygen atoms in total. The summed E-state index contributed by atoms with van der Waals surface area (Å²) in [6, 6.07) is 7.69. The van der Waals surface area contributed by atoms with Crippen LogP contribution in [0.1, 0.15) is 17.2 Å². The molecular formula is C14H12BrN3O2S. The van der Waals surface area contributed by atoms with Crippen LogP contribution in [0, 0.1) is 0 Å². The van der Waals surface area contributed by atoms with Crippen molar-refractivity contribution in [3.8, 4) is 0 Å². The molecule has 108 valence electrons. The molecule has 0 aliphatic rings. The zero-order valence-corrected chi connectivity index (χ0v) is 13.5. The van der Waals surface area contributed by atoms with Crippen LogP contribution in [0.2, 0.25) is 0 Å². The highest BCUT2D eigenvalue weighted by molar-refractivity contribution is 9.11. The maximum atomic E-state index is 11.4. The van der Waals surface area contributed by atoms with E-state index in [1.165, 1.54) is 0 Å². The lowest BCUT2D eigenvalue weighted by Crippen LogP contribution is -2.29. The topological polar surface area (TPSA) is 77.8 Å². The maximum Gasteiger partial charge on any atom is 0.314 e. The molecule has 0 aliphatic heterocycles. The van der Waals surface area contributed by atoms with Gasteiger partial charge in [-0.15, -0.1) is 11.3 Å². The third kappa shape index (κ3) is 2.72. The van der Waals surface area contributed by atoms with Crippen LogP contribution in [0.5, 0.6) is 0 Å². The van der Waals surface area contributed by atoms with Crippen molar-refractivity contribution in [2.45, 2.75) is 6.04 Å². The van der Waals surface area contributed by atoms with E-state index in [4.69, 9.17) is 0 Å². The summed E-state index contributed by atoms with van der Waals surface area (Å²) in [5.41, 5.74) is 2.11. The molecule has 0 spiro atoms. The maximum absolute atomic E-state index is 11.4. The molecule has 7 heteroatoms. The number of thiophene rings is 1. The van der Waals surface area contributed by atoms with E-state index < -0.39 is 11.1 Å². The van der Waals surface area contributed by atoms with Gasteiger partial charge in [0, 0.05) is 0 Å². The summed E-state index contributed by atoms with van der Waals surface area (Å²) in [6.07, 6.45) is 0. The van der Waals surface area contributed by atoms with Crippen molar-refractivity contribution in [1.82, 2.24) is 15.3 Å². The van der Waals surface area contributed by atoms with E-state index in [0.717, 1.165) is 14.9 Å². The zero-order valence-electron chi connectivity index (χ0n) is 11.1. The Labute approximate surface area is 132 Å². The second-order valence-electron chi connectivity index (χ2n) is 4.62. The van der Waals surface area contributed by atoms with Gasteiger partial charge >= 0.3 is 11.1 Å². The Hall–Kier alpha value is -1.70. The highest BCUT2D eigenvalue weighted by Gasteiger charge is 2.14. The summed E-state index contributed by atoms with van der Waals surface area (Å²) < 4.78 is 1.07. The van der Waals surface area contributed by atoms with Crippen LogP contribution < -0.4 is 16.4 Å². The minimum Gasteiger partial charge on any atom is -0.316 e. The molecule has 0 fully saturated rings. The van der Waals surface area contributed by atoms with Crippen molar-refractivity contribution in [3.05, 3.63) is 65.3 Å². The molecule has 1 unspecified atom stereocenters. The van der Waals surface area contributed by atoms with Gasteiger partial charge in [-0.25, -0.2) is 0 Å². The Morgan fingerprint density at radius 1 is 1.10 bits per heavy atom. The van der Waals surface area contributed by atoms with Crippen LogP contribution in [0.25, 0.3) is 11.0 Å². The first-order valence-corrected chi connectivity index (χ1v) is 7.93. The van der Waals surface area contributed by atoms with Crippen LogP contribution in [0.3, 0.4) is 0 Å². The monoisotopic (exact) mass is 365 g/mol. The number of hydrogen-bond acceptors (Lipinski definition) is 4. The van der Waals surface area contributed by atoms with Crippen molar-refractivity contribution in [1.29, 1.82) is 0 Å². The van der Waals surface area contributed by atoms with Crippen LogP contribution in [-0.4, -0.2) is 17.0 Å². The molecule has 3 aromatic rings. The second-order valence-corrected chi connectivity index (χ2v) is 6.91. The first-order valence-electron chi connectivity index (χ1n) is 6.26. The predicted molar refractivity (Wildman–Crippen MR) is 88.1 cm³/mol. The van der Waals surface area contributed by atoms with Crippen molar-refractivity contribution in [3.63, 3.8) is 0 Å². The van der Waals surface area contributed by atoms with Gasteiger partial charge in [0.15, 0.2) is 0 Å². The molecule has 0 saturated carbocycles. The van der Waals surface area contributed by atoms with Crippen molar-refractivity contribution in [2.24, 2.45) is 0 Å². The number of hydrogen-bond donors (Lipinski definition) is 3. The molecular weight excluding hydrogens is 354 g/mol. The Kier molecular flexibility index (Phi) is 3.79.